The number of carbonyl (C=O) groups excluding carboxylic acids is 1. The summed E-state index contributed by atoms with van der Waals surface area (Å²) in [5.74, 6) is -0.130. The molecule has 0 aliphatic carbocycles. The van der Waals surface area contributed by atoms with Crippen molar-refractivity contribution in [2.75, 3.05) is 13.7 Å². The van der Waals surface area contributed by atoms with Crippen molar-refractivity contribution in [3.05, 3.63) is 46.4 Å². The largest absolute Gasteiger partial charge is 0.378 e. The highest BCUT2D eigenvalue weighted by atomic mass is 32.2. The fourth-order valence-corrected chi connectivity index (χ4v) is 3.39. The van der Waals surface area contributed by atoms with Crippen molar-refractivity contribution in [3.63, 3.8) is 0 Å². The Hall–Kier alpha value is -1.37. The van der Waals surface area contributed by atoms with Crippen LogP contribution in [0.25, 0.3) is 0 Å². The molecule has 6 heteroatoms. The molecule has 0 bridgehead atoms. The summed E-state index contributed by atoms with van der Waals surface area (Å²) >= 11 is 3.18. The summed E-state index contributed by atoms with van der Waals surface area (Å²) in [7, 11) is 1.61. The molecule has 1 aromatic heterocycles. The number of thiazole rings is 1. The molecular formula is C15H18N2O2S2. The Morgan fingerprint density at radius 1 is 1.43 bits per heavy atom. The third-order valence-electron chi connectivity index (χ3n) is 2.68. The van der Waals surface area contributed by atoms with E-state index in [9.17, 15) is 4.79 Å². The van der Waals surface area contributed by atoms with Gasteiger partial charge in [-0.3, -0.25) is 4.79 Å². The molecule has 2 rings (SSSR count). The van der Waals surface area contributed by atoms with Crippen LogP contribution in [0.1, 0.15) is 22.4 Å². The highest BCUT2D eigenvalue weighted by molar-refractivity contribution is 8.00. The van der Waals surface area contributed by atoms with Crippen LogP contribution in [0.2, 0.25) is 0 Å². The number of amides is 1. The van der Waals surface area contributed by atoms with Gasteiger partial charge in [-0.05, 0) is 12.1 Å². The average molecular weight is 322 g/mol. The van der Waals surface area contributed by atoms with Gasteiger partial charge in [-0.15, -0.1) is 23.1 Å². The van der Waals surface area contributed by atoms with E-state index in [2.05, 4.69) is 29.4 Å². The summed E-state index contributed by atoms with van der Waals surface area (Å²) in [6.07, 6.45) is 0. The minimum absolute atomic E-state index is 0.130. The fourth-order valence-electron chi connectivity index (χ4n) is 1.70. The molecule has 0 saturated carbocycles. The standard InChI is InChI=1S/C15H18N2O2S2/c1-11(21-12-6-4-3-5-7-12)8-16-15(18)13-10-20-14(17-13)9-19-2/h3-7,10-11H,8-9H2,1-2H3,(H,16,18)/t11-/m0/s1. The smallest absolute Gasteiger partial charge is 0.270 e. The second-order valence-corrected chi connectivity index (χ2v) is 6.97. The molecule has 2 aromatic rings. The average Bonchev–Trinajstić information content (AvgIpc) is 2.95. The molecule has 0 spiro atoms. The lowest BCUT2D eigenvalue weighted by molar-refractivity contribution is 0.0949. The minimum Gasteiger partial charge on any atom is -0.378 e. The van der Waals surface area contributed by atoms with Crippen LogP contribution in [0.15, 0.2) is 40.6 Å². The van der Waals surface area contributed by atoms with Crippen LogP contribution >= 0.6 is 23.1 Å². The summed E-state index contributed by atoms with van der Waals surface area (Å²) in [5, 5.41) is 5.79. The van der Waals surface area contributed by atoms with Gasteiger partial charge >= 0.3 is 0 Å². The minimum atomic E-state index is -0.130. The highest BCUT2D eigenvalue weighted by Crippen LogP contribution is 2.22. The van der Waals surface area contributed by atoms with Crippen molar-refractivity contribution in [1.82, 2.24) is 10.3 Å². The van der Waals surface area contributed by atoms with Gasteiger partial charge in [0, 0.05) is 29.2 Å². The molecule has 0 aliphatic rings. The van der Waals surface area contributed by atoms with Crippen molar-refractivity contribution in [2.45, 2.75) is 23.7 Å². The van der Waals surface area contributed by atoms with E-state index in [1.54, 1.807) is 24.3 Å². The second kappa shape index (κ2) is 8.17. The Kier molecular flexibility index (Phi) is 6.22. The lowest BCUT2D eigenvalue weighted by Crippen LogP contribution is -2.29. The number of hydrogen-bond donors (Lipinski definition) is 1. The van der Waals surface area contributed by atoms with E-state index in [4.69, 9.17) is 4.74 Å². The maximum Gasteiger partial charge on any atom is 0.270 e. The molecule has 1 aromatic carbocycles. The Bertz CT molecular complexity index is 572. The number of carbonyl (C=O) groups is 1. The molecule has 1 atom stereocenters. The predicted molar refractivity (Wildman–Crippen MR) is 86.9 cm³/mol. The molecule has 0 aliphatic heterocycles. The summed E-state index contributed by atoms with van der Waals surface area (Å²) in [6.45, 7) is 3.14. The molecule has 112 valence electrons. The van der Waals surface area contributed by atoms with Gasteiger partial charge in [0.25, 0.3) is 5.91 Å². The molecule has 1 N–H and O–H groups in total. The zero-order chi connectivity index (χ0) is 15.1. The Labute approximate surface area is 132 Å². The van der Waals surface area contributed by atoms with Crippen molar-refractivity contribution in [1.29, 1.82) is 0 Å². The maximum absolute atomic E-state index is 12.0. The van der Waals surface area contributed by atoms with Crippen molar-refractivity contribution in [2.24, 2.45) is 0 Å². The number of rotatable bonds is 7. The van der Waals surface area contributed by atoms with Crippen LogP contribution < -0.4 is 5.32 Å². The molecule has 21 heavy (non-hydrogen) atoms. The summed E-state index contributed by atoms with van der Waals surface area (Å²) < 4.78 is 5.00. The molecule has 1 heterocycles. The Balaban J connectivity index is 1.80. The number of thioether (sulfide) groups is 1. The lowest BCUT2D eigenvalue weighted by atomic mass is 10.4. The quantitative estimate of drug-likeness (QED) is 0.795. The zero-order valence-electron chi connectivity index (χ0n) is 12.0. The molecular weight excluding hydrogens is 304 g/mol. The lowest BCUT2D eigenvalue weighted by Gasteiger charge is -2.11. The summed E-state index contributed by atoms with van der Waals surface area (Å²) in [4.78, 5) is 17.4. The summed E-state index contributed by atoms with van der Waals surface area (Å²) in [5.41, 5.74) is 0.462. The van der Waals surface area contributed by atoms with E-state index in [0.29, 0.717) is 24.1 Å². The van der Waals surface area contributed by atoms with Crippen molar-refractivity contribution < 1.29 is 9.53 Å². The highest BCUT2D eigenvalue weighted by Gasteiger charge is 2.12. The number of nitrogens with zero attached hydrogens (tertiary/aromatic N) is 1. The van der Waals surface area contributed by atoms with Crippen LogP contribution in [0.3, 0.4) is 0 Å². The van der Waals surface area contributed by atoms with E-state index < -0.39 is 0 Å². The Morgan fingerprint density at radius 2 is 2.19 bits per heavy atom. The van der Waals surface area contributed by atoms with Gasteiger partial charge in [-0.2, -0.15) is 0 Å². The third kappa shape index (κ3) is 5.15. The zero-order valence-corrected chi connectivity index (χ0v) is 13.7. The normalized spacial score (nSPS) is 12.1. The van der Waals surface area contributed by atoms with Crippen LogP contribution in [0.4, 0.5) is 0 Å². The van der Waals surface area contributed by atoms with E-state index in [-0.39, 0.29) is 5.91 Å². The van der Waals surface area contributed by atoms with Gasteiger partial charge in [-0.1, -0.05) is 25.1 Å². The van der Waals surface area contributed by atoms with Crippen molar-refractivity contribution >= 4 is 29.0 Å². The van der Waals surface area contributed by atoms with Gasteiger partial charge in [0.2, 0.25) is 0 Å². The first-order valence-corrected chi connectivity index (χ1v) is 8.38. The summed E-state index contributed by atoms with van der Waals surface area (Å²) in [6, 6.07) is 10.2. The monoisotopic (exact) mass is 322 g/mol. The van der Waals surface area contributed by atoms with Crippen LogP contribution in [0, 0.1) is 0 Å². The second-order valence-electron chi connectivity index (χ2n) is 4.51. The SMILES string of the molecule is COCc1nc(C(=O)NC[C@H](C)Sc2ccccc2)cs1. The van der Waals surface area contributed by atoms with Gasteiger partial charge in [0.05, 0.1) is 6.61 Å². The van der Waals surface area contributed by atoms with Crippen molar-refractivity contribution in [3.8, 4) is 0 Å². The first-order valence-electron chi connectivity index (χ1n) is 6.62. The molecule has 0 radical (unpaired) electrons. The number of benzene rings is 1. The van der Waals surface area contributed by atoms with Crippen LogP contribution in [0.5, 0.6) is 0 Å². The third-order valence-corrected chi connectivity index (χ3v) is 4.62. The van der Waals surface area contributed by atoms with Gasteiger partial charge in [0.1, 0.15) is 10.7 Å². The van der Waals surface area contributed by atoms with Crippen LogP contribution in [-0.4, -0.2) is 29.8 Å². The van der Waals surface area contributed by atoms with E-state index in [1.807, 2.05) is 18.2 Å². The number of aromatic nitrogens is 1. The number of methoxy groups -OCH3 is 1. The maximum atomic E-state index is 12.0. The predicted octanol–water partition coefficient (Wildman–Crippen LogP) is 3.20. The molecule has 0 saturated heterocycles. The molecule has 0 unspecified atom stereocenters. The van der Waals surface area contributed by atoms with Gasteiger partial charge in [-0.25, -0.2) is 4.98 Å². The molecule has 0 fully saturated rings. The van der Waals surface area contributed by atoms with E-state index in [1.165, 1.54) is 16.2 Å². The number of hydrogen-bond acceptors (Lipinski definition) is 5. The molecule has 1 amide bonds. The fraction of sp³-hybridized carbons (Fsp3) is 0.333. The van der Waals surface area contributed by atoms with Gasteiger partial charge in [0.15, 0.2) is 0 Å². The number of ether oxygens (including phenoxy) is 1. The first-order chi connectivity index (χ1) is 10.2. The van der Waals surface area contributed by atoms with Gasteiger partial charge < -0.3 is 10.1 Å². The van der Waals surface area contributed by atoms with E-state index in [0.717, 1.165) is 5.01 Å². The Morgan fingerprint density at radius 3 is 2.90 bits per heavy atom. The van der Waals surface area contributed by atoms with E-state index >= 15 is 0 Å². The topological polar surface area (TPSA) is 51.2 Å². The molecule has 4 nitrogen and oxygen atoms in total. The number of nitrogens with one attached hydrogen (secondary N) is 1. The first kappa shape index (κ1) is 16.0. The van der Waals surface area contributed by atoms with Crippen LogP contribution in [-0.2, 0) is 11.3 Å².